The molecule has 10 aromatic rings. The number of phenols is 1. The van der Waals surface area contributed by atoms with E-state index in [0.29, 0.717) is 11.3 Å². The van der Waals surface area contributed by atoms with Crippen LogP contribution in [-0.4, -0.2) is 19.6 Å². The number of pyridine rings is 2. The van der Waals surface area contributed by atoms with Crippen LogP contribution in [0.4, 0.5) is 0 Å². The maximum absolute atomic E-state index is 11.4. The van der Waals surface area contributed by atoms with Crippen LogP contribution in [0.15, 0.2) is 176 Å². The average Bonchev–Trinajstić information content (AvgIpc) is 3.70. The number of benzene rings is 7. The number of phenolic OH excluding ortho intramolecular Hbond substituents is 1. The van der Waals surface area contributed by atoms with E-state index in [1.54, 1.807) is 6.07 Å². The van der Waals surface area contributed by atoms with Gasteiger partial charge in [0.25, 0.3) is 0 Å². The third-order valence-electron chi connectivity index (χ3n) is 14.2. The Hall–Kier alpha value is -6.87. The summed E-state index contributed by atoms with van der Waals surface area (Å²) in [6, 6.07) is 64.6. The second-order valence-electron chi connectivity index (χ2n) is 23.8. The van der Waals surface area contributed by atoms with Crippen molar-refractivity contribution < 1.29 is 26.2 Å². The second-order valence-corrected chi connectivity index (χ2v) is 23.8. The molecule has 0 radical (unpaired) electrons. The molecule has 4 nitrogen and oxygen atoms in total. The first-order chi connectivity index (χ1) is 34.1. The molecule has 0 aliphatic rings. The molecule has 0 fully saturated rings. The molecule has 0 saturated heterocycles. The van der Waals surface area contributed by atoms with Gasteiger partial charge in [0.1, 0.15) is 5.75 Å². The maximum Gasteiger partial charge on any atom is 0.124 e. The minimum Gasteiger partial charge on any atom is -0.507 e. The second kappa shape index (κ2) is 19.2. The summed E-state index contributed by atoms with van der Waals surface area (Å²) in [5, 5.41) is 13.8. The quantitative estimate of drug-likeness (QED) is 0.162. The van der Waals surface area contributed by atoms with Crippen LogP contribution in [0.25, 0.3) is 94.6 Å². The van der Waals surface area contributed by atoms with E-state index >= 15 is 0 Å². The Morgan fingerprint density at radius 2 is 0.877 bits per heavy atom. The predicted molar refractivity (Wildman–Crippen MR) is 304 cm³/mol. The van der Waals surface area contributed by atoms with Gasteiger partial charge < -0.3 is 9.67 Å². The summed E-state index contributed by atoms with van der Waals surface area (Å²) >= 11 is 0. The van der Waals surface area contributed by atoms with Crippen molar-refractivity contribution in [3.05, 3.63) is 204 Å². The minimum atomic E-state index is -0.0856. The Bertz CT molecular complexity index is 3620. The fraction of sp³-hybridized carbons (Fsp3) is 0.235. The largest absolute Gasteiger partial charge is 0.507 e. The first kappa shape index (κ1) is 51.0. The normalized spacial score (nSPS) is 12.3. The SMILES string of the molecule is CC(C)(C)c1cc(-c2cc(-c3cc(-c4cccc5c6ccccc6n(-c6ccccc6)c45)ccn3)[c-]c(-c3cc(-c4cc(C(C)(C)C)cc(C(C)(C)C)c4)cc(-c4ccccc4O)n3)c2)cc(C(C)(C)C)c1.[Pt]. The van der Waals surface area contributed by atoms with Gasteiger partial charge in [-0.05, 0) is 109 Å². The Morgan fingerprint density at radius 1 is 0.411 bits per heavy atom. The van der Waals surface area contributed by atoms with Crippen LogP contribution in [-0.2, 0) is 42.7 Å². The number of fused-ring (bicyclic) bond motifs is 3. The monoisotopic (exact) mass is 1140 g/mol. The third-order valence-corrected chi connectivity index (χ3v) is 14.2. The summed E-state index contributed by atoms with van der Waals surface area (Å²) in [6.45, 7) is 27.4. The van der Waals surface area contributed by atoms with Gasteiger partial charge in [-0.1, -0.05) is 215 Å². The van der Waals surface area contributed by atoms with Gasteiger partial charge in [-0.3, -0.25) is 9.97 Å². The zero-order valence-corrected chi connectivity index (χ0v) is 46.6. The number of hydrogen-bond donors (Lipinski definition) is 1. The van der Waals surface area contributed by atoms with Gasteiger partial charge in [-0.2, -0.15) is 0 Å². The van der Waals surface area contributed by atoms with Gasteiger partial charge in [-0.25, -0.2) is 0 Å². The molecule has 3 heterocycles. The first-order valence-electron chi connectivity index (χ1n) is 25.4. The van der Waals surface area contributed by atoms with Crippen molar-refractivity contribution >= 4 is 21.8 Å². The number of rotatable bonds is 7. The van der Waals surface area contributed by atoms with E-state index in [4.69, 9.17) is 9.97 Å². The van der Waals surface area contributed by atoms with E-state index < -0.39 is 0 Å². The summed E-state index contributed by atoms with van der Waals surface area (Å²) in [5.74, 6) is 0.182. The number of nitrogens with zero attached hydrogens (tertiary/aromatic N) is 3. The first-order valence-corrected chi connectivity index (χ1v) is 25.4. The van der Waals surface area contributed by atoms with Crippen LogP contribution in [0.5, 0.6) is 5.75 Å². The van der Waals surface area contributed by atoms with Crippen molar-refractivity contribution in [2.75, 3.05) is 0 Å². The third kappa shape index (κ3) is 10.2. The molecule has 7 aromatic carbocycles. The Labute approximate surface area is 447 Å². The summed E-state index contributed by atoms with van der Waals surface area (Å²) in [5.41, 5.74) is 19.3. The van der Waals surface area contributed by atoms with E-state index in [1.165, 1.54) is 33.0 Å². The summed E-state index contributed by atoms with van der Waals surface area (Å²) in [7, 11) is 0. The smallest absolute Gasteiger partial charge is 0.124 e. The van der Waals surface area contributed by atoms with Crippen molar-refractivity contribution in [1.82, 2.24) is 14.5 Å². The standard InChI is InChI=1S/C68H66N3O.Pt/c1-65(2,3)50-34-45(35-51(41-50)66(4,5)6)44-31-48(59-38-43(29-30-69-59)55-25-20-26-57-56-23-16-18-27-62(56)71(64(55)57)54-21-14-13-15-22-54)33-49(32-44)60-39-47(40-61(70-60)58-24-17-19-28-63(58)72)46-36-52(67(7,8)9)42-53(37-46)68(10,11)12;/h13-32,34-42,72H,1-12H3;/q-1;. The van der Waals surface area contributed by atoms with Crippen LogP contribution in [0.2, 0.25) is 0 Å². The molecule has 5 heteroatoms. The Morgan fingerprint density at radius 3 is 1.47 bits per heavy atom. The topological polar surface area (TPSA) is 50.9 Å². The number of aromatic nitrogens is 3. The Balaban J connectivity index is 0.00000656. The van der Waals surface area contributed by atoms with Crippen LogP contribution < -0.4 is 0 Å². The van der Waals surface area contributed by atoms with Gasteiger partial charge in [0.2, 0.25) is 0 Å². The molecule has 0 aliphatic carbocycles. The van der Waals surface area contributed by atoms with E-state index in [2.05, 4.69) is 239 Å². The van der Waals surface area contributed by atoms with Gasteiger partial charge >= 0.3 is 0 Å². The molecule has 0 amide bonds. The molecular weight excluding hydrogens is 1070 g/mol. The van der Waals surface area contributed by atoms with Crippen LogP contribution in [0.1, 0.15) is 105 Å². The Kier molecular flexibility index (Phi) is 13.4. The number of hydrogen-bond acceptors (Lipinski definition) is 3. The minimum absolute atomic E-state index is 0. The van der Waals surface area contributed by atoms with Crippen LogP contribution in [0, 0.1) is 6.07 Å². The molecular formula is C68H66N3OPt-. The molecule has 370 valence electrons. The predicted octanol–water partition coefficient (Wildman–Crippen LogP) is 18.3. The molecule has 0 spiro atoms. The summed E-state index contributed by atoms with van der Waals surface area (Å²) in [6.07, 6.45) is 1.93. The molecule has 0 aliphatic heterocycles. The van der Waals surface area contributed by atoms with Crippen molar-refractivity contribution in [3.8, 4) is 78.6 Å². The van der Waals surface area contributed by atoms with E-state index in [9.17, 15) is 5.11 Å². The van der Waals surface area contributed by atoms with Crippen molar-refractivity contribution in [2.45, 2.75) is 105 Å². The van der Waals surface area contributed by atoms with Gasteiger partial charge in [0.05, 0.1) is 16.7 Å². The molecule has 10 rings (SSSR count). The molecule has 0 saturated carbocycles. The molecule has 0 atom stereocenters. The molecule has 3 aromatic heterocycles. The van der Waals surface area contributed by atoms with Gasteiger partial charge in [-0.15, -0.1) is 18.2 Å². The van der Waals surface area contributed by atoms with Crippen molar-refractivity contribution in [3.63, 3.8) is 0 Å². The molecule has 0 unspecified atom stereocenters. The number of aromatic hydroxyl groups is 1. The maximum atomic E-state index is 11.4. The molecule has 73 heavy (non-hydrogen) atoms. The average molecular weight is 1140 g/mol. The zero-order chi connectivity index (χ0) is 50.9. The summed E-state index contributed by atoms with van der Waals surface area (Å²) < 4.78 is 2.39. The van der Waals surface area contributed by atoms with Crippen LogP contribution >= 0.6 is 0 Å². The number of para-hydroxylation sites is 4. The van der Waals surface area contributed by atoms with Gasteiger partial charge in [0, 0.05) is 66.2 Å². The summed E-state index contributed by atoms with van der Waals surface area (Å²) in [4.78, 5) is 10.6. The van der Waals surface area contributed by atoms with E-state index in [-0.39, 0.29) is 48.5 Å². The zero-order valence-electron chi connectivity index (χ0n) is 44.3. The van der Waals surface area contributed by atoms with Crippen molar-refractivity contribution in [1.29, 1.82) is 0 Å². The molecule has 0 bridgehead atoms. The fourth-order valence-corrected chi connectivity index (χ4v) is 9.84. The van der Waals surface area contributed by atoms with E-state index in [1.807, 2.05) is 24.4 Å². The van der Waals surface area contributed by atoms with Crippen molar-refractivity contribution in [2.24, 2.45) is 0 Å². The molecule has 1 N–H and O–H groups in total. The van der Waals surface area contributed by atoms with Gasteiger partial charge in [0.15, 0.2) is 0 Å². The fourth-order valence-electron chi connectivity index (χ4n) is 9.84. The van der Waals surface area contributed by atoms with Crippen LogP contribution in [0.3, 0.4) is 0 Å². The van der Waals surface area contributed by atoms with E-state index in [0.717, 1.165) is 72.6 Å².